The van der Waals surface area contributed by atoms with Crippen molar-refractivity contribution in [1.29, 1.82) is 0 Å². The third-order valence-corrected chi connectivity index (χ3v) is 6.52. The topological polar surface area (TPSA) is 103 Å². The van der Waals surface area contributed by atoms with Crippen LogP contribution < -0.4 is 11.3 Å². The lowest BCUT2D eigenvalue weighted by molar-refractivity contribution is 0.0601. The number of nitrogens with two attached hydrogens (primary N) is 1. The van der Waals surface area contributed by atoms with Gasteiger partial charge in [0.2, 0.25) is 0 Å². The number of carbonyl (C=O) groups excluding carboxylic acids is 1. The standard InChI is InChI=1S/C25H20Cl2N4O3/c1-34-25(33)14-4-2-3-13(9-14)22-23(27)30-24(29-22)20-8-6-17-10-15(11-21(32)31(17)20)18-12-16(26)5-7-19(18)28/h2-5,7,9-12,20H,6,8,28H2,1H3,(H,29,30). The molecule has 172 valence electrons. The fourth-order valence-corrected chi connectivity index (χ4v) is 4.84. The van der Waals surface area contributed by atoms with Crippen LogP contribution >= 0.6 is 23.2 Å². The summed E-state index contributed by atoms with van der Waals surface area (Å²) in [6.07, 6.45) is 1.38. The number of benzene rings is 2. The molecule has 0 amide bonds. The van der Waals surface area contributed by atoms with Gasteiger partial charge in [-0.05, 0) is 54.8 Å². The summed E-state index contributed by atoms with van der Waals surface area (Å²) in [5.74, 6) is 0.139. The largest absolute Gasteiger partial charge is 0.465 e. The van der Waals surface area contributed by atoms with Crippen molar-refractivity contribution < 1.29 is 9.53 Å². The Labute approximate surface area is 205 Å². The Bertz CT molecular complexity index is 1490. The van der Waals surface area contributed by atoms with E-state index >= 15 is 0 Å². The maximum atomic E-state index is 13.2. The van der Waals surface area contributed by atoms with E-state index in [4.69, 9.17) is 38.7 Å². The van der Waals surface area contributed by atoms with Gasteiger partial charge in [-0.1, -0.05) is 35.3 Å². The quantitative estimate of drug-likeness (QED) is 0.302. The van der Waals surface area contributed by atoms with Crippen LogP contribution in [0.1, 0.15) is 34.3 Å². The molecular weight excluding hydrogens is 475 g/mol. The highest BCUT2D eigenvalue weighted by Crippen LogP contribution is 2.36. The first-order valence-corrected chi connectivity index (χ1v) is 11.4. The smallest absolute Gasteiger partial charge is 0.337 e. The van der Waals surface area contributed by atoms with E-state index in [2.05, 4.69) is 4.98 Å². The molecule has 1 aliphatic rings. The number of hydrogen-bond acceptors (Lipinski definition) is 5. The van der Waals surface area contributed by atoms with Gasteiger partial charge in [0.25, 0.3) is 5.56 Å². The fraction of sp³-hybridized carbons (Fsp3) is 0.160. The zero-order chi connectivity index (χ0) is 24.0. The number of rotatable bonds is 4. The molecule has 1 unspecified atom stereocenters. The van der Waals surface area contributed by atoms with Crippen LogP contribution in [-0.2, 0) is 11.2 Å². The van der Waals surface area contributed by atoms with Crippen LogP contribution in [0.2, 0.25) is 10.2 Å². The third-order valence-electron chi connectivity index (χ3n) is 6.01. The second kappa shape index (κ2) is 8.66. The van der Waals surface area contributed by atoms with E-state index in [1.807, 2.05) is 12.1 Å². The van der Waals surface area contributed by atoms with E-state index in [9.17, 15) is 9.59 Å². The SMILES string of the molecule is COC(=O)c1cccc(-c2nc(C3CCc4cc(-c5cc(Cl)ccc5N)cc(=O)n43)[nH]c2Cl)c1. The maximum Gasteiger partial charge on any atom is 0.337 e. The van der Waals surface area contributed by atoms with Crippen molar-refractivity contribution >= 4 is 34.9 Å². The summed E-state index contributed by atoms with van der Waals surface area (Å²) in [4.78, 5) is 32.9. The molecule has 2 aromatic heterocycles. The predicted octanol–water partition coefficient (Wildman–Crippen LogP) is 5.12. The van der Waals surface area contributed by atoms with Gasteiger partial charge in [0.05, 0.1) is 18.7 Å². The number of aromatic amines is 1. The first-order chi connectivity index (χ1) is 16.4. The van der Waals surface area contributed by atoms with Gasteiger partial charge in [-0.3, -0.25) is 4.79 Å². The third kappa shape index (κ3) is 3.87. The van der Waals surface area contributed by atoms with Gasteiger partial charge in [-0.25, -0.2) is 9.78 Å². The van der Waals surface area contributed by atoms with Gasteiger partial charge >= 0.3 is 5.97 Å². The number of aryl methyl sites for hydroxylation is 1. The summed E-state index contributed by atoms with van der Waals surface area (Å²) in [6.45, 7) is 0. The zero-order valence-electron chi connectivity index (χ0n) is 18.1. The highest BCUT2D eigenvalue weighted by molar-refractivity contribution is 6.32. The summed E-state index contributed by atoms with van der Waals surface area (Å²) in [5, 5.41) is 0.888. The molecule has 0 aliphatic carbocycles. The second-order valence-corrected chi connectivity index (χ2v) is 8.90. The summed E-state index contributed by atoms with van der Waals surface area (Å²) < 4.78 is 6.53. The van der Waals surface area contributed by atoms with E-state index in [1.54, 1.807) is 47.0 Å². The Hall–Kier alpha value is -3.55. The van der Waals surface area contributed by atoms with Gasteiger partial charge in [-0.15, -0.1) is 0 Å². The average Bonchev–Trinajstić information content (AvgIpc) is 3.44. The lowest BCUT2D eigenvalue weighted by Gasteiger charge is -2.14. The fourth-order valence-electron chi connectivity index (χ4n) is 4.42. The first kappa shape index (κ1) is 22.3. The minimum Gasteiger partial charge on any atom is -0.465 e. The molecule has 1 aliphatic heterocycles. The minimum absolute atomic E-state index is 0.156. The molecule has 0 radical (unpaired) electrons. The average molecular weight is 495 g/mol. The van der Waals surface area contributed by atoms with Gasteiger partial charge in [-0.2, -0.15) is 0 Å². The number of methoxy groups -OCH3 is 1. The number of hydrogen-bond donors (Lipinski definition) is 2. The van der Waals surface area contributed by atoms with Crippen LogP contribution in [0.5, 0.6) is 0 Å². The molecule has 4 aromatic rings. The number of nitrogens with one attached hydrogen (secondary N) is 1. The number of halogens is 2. The molecule has 3 N–H and O–H groups in total. The molecule has 0 bridgehead atoms. The maximum absolute atomic E-state index is 13.2. The van der Waals surface area contributed by atoms with Crippen LogP contribution in [0.3, 0.4) is 0 Å². The van der Waals surface area contributed by atoms with E-state index in [0.29, 0.717) is 51.4 Å². The normalized spacial score (nSPS) is 14.7. The number of imidazole rings is 1. The summed E-state index contributed by atoms with van der Waals surface area (Å²) in [6, 6.07) is 15.3. The van der Waals surface area contributed by atoms with E-state index in [1.165, 1.54) is 7.11 Å². The van der Waals surface area contributed by atoms with E-state index < -0.39 is 5.97 Å². The molecule has 0 saturated carbocycles. The molecular formula is C25H20Cl2N4O3. The number of pyridine rings is 1. The first-order valence-electron chi connectivity index (χ1n) is 10.6. The highest BCUT2D eigenvalue weighted by Gasteiger charge is 2.29. The van der Waals surface area contributed by atoms with Crippen LogP contribution in [0.15, 0.2) is 59.4 Å². The summed E-state index contributed by atoms with van der Waals surface area (Å²) in [5.41, 5.74) is 10.4. The summed E-state index contributed by atoms with van der Waals surface area (Å²) >= 11 is 12.6. The van der Waals surface area contributed by atoms with Crippen LogP contribution in [-0.4, -0.2) is 27.6 Å². The van der Waals surface area contributed by atoms with Crippen molar-refractivity contribution in [3.63, 3.8) is 0 Å². The van der Waals surface area contributed by atoms with Crippen molar-refractivity contribution in [3.8, 4) is 22.4 Å². The van der Waals surface area contributed by atoms with Crippen LogP contribution in [0.4, 0.5) is 5.69 Å². The molecule has 0 saturated heterocycles. The number of esters is 1. The number of fused-ring (bicyclic) bond motifs is 1. The van der Waals surface area contributed by atoms with Gasteiger partial charge in [0.15, 0.2) is 0 Å². The summed E-state index contributed by atoms with van der Waals surface area (Å²) in [7, 11) is 1.33. The number of H-pyrrole nitrogens is 1. The van der Waals surface area contributed by atoms with Gasteiger partial charge in [0.1, 0.15) is 16.7 Å². The number of nitrogens with zero attached hydrogens (tertiary/aromatic N) is 2. The number of nitrogen functional groups attached to an aromatic ring is 1. The Balaban J connectivity index is 1.52. The minimum atomic E-state index is -0.443. The van der Waals surface area contributed by atoms with Crippen molar-refractivity contribution in [1.82, 2.24) is 14.5 Å². The predicted molar refractivity (Wildman–Crippen MR) is 132 cm³/mol. The lowest BCUT2D eigenvalue weighted by atomic mass is 10.0. The van der Waals surface area contributed by atoms with Gasteiger partial charge < -0.3 is 20.0 Å². The van der Waals surface area contributed by atoms with Crippen molar-refractivity contribution in [2.75, 3.05) is 12.8 Å². The number of ether oxygens (including phenoxy) is 1. The van der Waals surface area contributed by atoms with Crippen molar-refractivity contribution in [3.05, 3.63) is 92.2 Å². The van der Waals surface area contributed by atoms with Crippen LogP contribution in [0, 0.1) is 0 Å². The Morgan fingerprint density at radius 1 is 1.15 bits per heavy atom. The van der Waals surface area contributed by atoms with Gasteiger partial charge in [0, 0.05) is 33.6 Å². The molecule has 0 fully saturated rings. The molecule has 5 rings (SSSR count). The lowest BCUT2D eigenvalue weighted by Crippen LogP contribution is -2.23. The van der Waals surface area contributed by atoms with Crippen molar-refractivity contribution in [2.24, 2.45) is 0 Å². The Morgan fingerprint density at radius 3 is 2.76 bits per heavy atom. The second-order valence-electron chi connectivity index (χ2n) is 8.09. The highest BCUT2D eigenvalue weighted by atomic mass is 35.5. The van der Waals surface area contributed by atoms with E-state index in [0.717, 1.165) is 16.8 Å². The molecule has 2 aromatic carbocycles. The molecule has 3 heterocycles. The van der Waals surface area contributed by atoms with Crippen LogP contribution in [0.25, 0.3) is 22.4 Å². The number of anilines is 1. The Kier molecular flexibility index (Phi) is 5.67. The zero-order valence-corrected chi connectivity index (χ0v) is 19.7. The monoisotopic (exact) mass is 494 g/mol. The molecule has 34 heavy (non-hydrogen) atoms. The molecule has 7 nitrogen and oxygen atoms in total. The molecule has 1 atom stereocenters. The number of aromatic nitrogens is 3. The molecule has 9 heteroatoms. The van der Waals surface area contributed by atoms with E-state index in [-0.39, 0.29) is 11.6 Å². The Morgan fingerprint density at radius 2 is 1.97 bits per heavy atom. The molecule has 0 spiro atoms. The number of carbonyl (C=O) groups is 1. The van der Waals surface area contributed by atoms with Crippen molar-refractivity contribution in [2.45, 2.75) is 18.9 Å².